The Morgan fingerprint density at radius 3 is 2.61 bits per heavy atom. The number of carboxylic acids is 1. The number of aryl methyl sites for hydroxylation is 1. The molecule has 1 unspecified atom stereocenters. The van der Waals surface area contributed by atoms with Crippen molar-refractivity contribution in [2.75, 3.05) is 0 Å². The molecular formula is C16H20N2O4S. The number of aliphatic carboxylic acids is 1. The molecule has 1 aromatic carbocycles. The van der Waals surface area contributed by atoms with Gasteiger partial charge in [-0.05, 0) is 36.6 Å². The summed E-state index contributed by atoms with van der Waals surface area (Å²) in [4.78, 5) is 15.3. The molecule has 0 bridgehead atoms. The monoisotopic (exact) mass is 336 g/mol. The lowest BCUT2D eigenvalue weighted by Crippen LogP contribution is -2.40. The molecule has 0 fully saturated rings. The van der Waals surface area contributed by atoms with Crippen LogP contribution in [0, 0.1) is 12.8 Å². The third-order valence-corrected chi connectivity index (χ3v) is 5.40. The molecule has 1 heterocycles. The van der Waals surface area contributed by atoms with Crippen molar-refractivity contribution >= 4 is 26.9 Å². The van der Waals surface area contributed by atoms with Crippen molar-refractivity contribution < 1.29 is 18.3 Å². The number of fused-ring (bicyclic) bond motifs is 1. The standard InChI is InChI=1S/C16H20N2O4S/c1-10(2)14(9-15(19)20)18-23(21,22)16-11(3)6-7-13-12(16)5-4-8-17-13/h4-8,10,14,18H,9H2,1-3H3,(H,19,20). The summed E-state index contributed by atoms with van der Waals surface area (Å²) in [7, 11) is -3.86. The number of pyridine rings is 1. The summed E-state index contributed by atoms with van der Waals surface area (Å²) in [5.74, 6) is -1.18. The Bertz CT molecular complexity index is 831. The van der Waals surface area contributed by atoms with E-state index in [0.717, 1.165) is 0 Å². The Morgan fingerprint density at radius 1 is 1.30 bits per heavy atom. The summed E-state index contributed by atoms with van der Waals surface area (Å²) in [6.45, 7) is 5.28. The van der Waals surface area contributed by atoms with Crippen molar-refractivity contribution in [3.8, 4) is 0 Å². The van der Waals surface area contributed by atoms with Gasteiger partial charge in [0.05, 0.1) is 16.8 Å². The topological polar surface area (TPSA) is 96.4 Å². The van der Waals surface area contributed by atoms with Crippen LogP contribution in [-0.2, 0) is 14.8 Å². The van der Waals surface area contributed by atoms with Gasteiger partial charge in [0.2, 0.25) is 10.0 Å². The lowest BCUT2D eigenvalue weighted by atomic mass is 10.0. The largest absolute Gasteiger partial charge is 0.481 e. The van der Waals surface area contributed by atoms with Crippen LogP contribution in [-0.4, -0.2) is 30.5 Å². The number of carboxylic acid groups (broad SMARTS) is 1. The molecule has 0 saturated carbocycles. The van der Waals surface area contributed by atoms with Gasteiger partial charge in [-0.3, -0.25) is 9.78 Å². The molecule has 124 valence electrons. The first-order valence-electron chi connectivity index (χ1n) is 7.31. The number of rotatable bonds is 6. The fourth-order valence-corrected chi connectivity index (χ4v) is 4.28. The molecule has 6 nitrogen and oxygen atoms in total. The maximum Gasteiger partial charge on any atom is 0.304 e. The van der Waals surface area contributed by atoms with Crippen LogP contribution in [0.3, 0.4) is 0 Å². The van der Waals surface area contributed by atoms with Crippen LogP contribution in [0.4, 0.5) is 0 Å². The van der Waals surface area contributed by atoms with Gasteiger partial charge in [-0.1, -0.05) is 19.9 Å². The second kappa shape index (κ2) is 6.64. The van der Waals surface area contributed by atoms with Gasteiger partial charge < -0.3 is 5.11 Å². The Morgan fingerprint density at radius 2 is 2.00 bits per heavy atom. The number of sulfonamides is 1. The summed E-state index contributed by atoms with van der Waals surface area (Å²) in [6.07, 6.45) is 1.34. The molecule has 2 aromatic rings. The van der Waals surface area contributed by atoms with Crippen LogP contribution in [0.15, 0.2) is 35.4 Å². The van der Waals surface area contributed by atoms with E-state index >= 15 is 0 Å². The predicted octanol–water partition coefficient (Wildman–Crippen LogP) is 2.32. The van der Waals surface area contributed by atoms with Gasteiger partial charge in [0.25, 0.3) is 0 Å². The summed E-state index contributed by atoms with van der Waals surface area (Å²) in [5.41, 5.74) is 1.17. The van der Waals surface area contributed by atoms with Crippen molar-refractivity contribution in [3.05, 3.63) is 36.0 Å². The van der Waals surface area contributed by atoms with E-state index in [1.165, 1.54) is 0 Å². The van der Waals surface area contributed by atoms with Gasteiger partial charge in [-0.15, -0.1) is 0 Å². The van der Waals surface area contributed by atoms with E-state index in [0.29, 0.717) is 16.5 Å². The molecule has 7 heteroatoms. The van der Waals surface area contributed by atoms with Crippen LogP contribution in [0.2, 0.25) is 0 Å². The Labute approximate surface area is 135 Å². The van der Waals surface area contributed by atoms with Gasteiger partial charge in [0.1, 0.15) is 0 Å². The second-order valence-corrected chi connectivity index (χ2v) is 7.50. The molecule has 0 radical (unpaired) electrons. The predicted molar refractivity (Wildman–Crippen MR) is 87.7 cm³/mol. The number of aromatic nitrogens is 1. The molecule has 1 aromatic heterocycles. The van der Waals surface area contributed by atoms with Crippen molar-refractivity contribution in [2.24, 2.45) is 5.92 Å². The second-order valence-electron chi connectivity index (χ2n) is 5.85. The van der Waals surface area contributed by atoms with Gasteiger partial charge in [-0.2, -0.15) is 0 Å². The molecule has 1 atom stereocenters. The highest BCUT2D eigenvalue weighted by Crippen LogP contribution is 2.26. The van der Waals surface area contributed by atoms with Gasteiger partial charge in [-0.25, -0.2) is 13.1 Å². The van der Waals surface area contributed by atoms with Crippen LogP contribution in [0.5, 0.6) is 0 Å². The van der Waals surface area contributed by atoms with Gasteiger partial charge >= 0.3 is 5.97 Å². The normalized spacial score (nSPS) is 13.4. The van der Waals surface area contributed by atoms with Crippen molar-refractivity contribution in [1.82, 2.24) is 9.71 Å². The first-order valence-corrected chi connectivity index (χ1v) is 8.79. The first kappa shape index (κ1) is 17.4. The minimum Gasteiger partial charge on any atom is -0.481 e. The zero-order chi connectivity index (χ0) is 17.2. The molecule has 0 aliphatic carbocycles. The molecular weight excluding hydrogens is 316 g/mol. The van der Waals surface area contributed by atoms with Crippen LogP contribution < -0.4 is 4.72 Å². The summed E-state index contributed by atoms with van der Waals surface area (Å²) in [5, 5.41) is 9.51. The average molecular weight is 336 g/mol. The van der Waals surface area contributed by atoms with E-state index in [1.807, 2.05) is 0 Å². The highest BCUT2D eigenvalue weighted by atomic mass is 32.2. The van der Waals surface area contributed by atoms with Gasteiger partial charge in [0.15, 0.2) is 0 Å². The molecule has 0 aliphatic rings. The van der Waals surface area contributed by atoms with E-state index in [1.54, 1.807) is 51.2 Å². The highest BCUT2D eigenvalue weighted by molar-refractivity contribution is 7.89. The van der Waals surface area contributed by atoms with Crippen LogP contribution >= 0.6 is 0 Å². The average Bonchev–Trinajstić information content (AvgIpc) is 2.45. The highest BCUT2D eigenvalue weighted by Gasteiger charge is 2.27. The fourth-order valence-electron chi connectivity index (χ4n) is 2.45. The van der Waals surface area contributed by atoms with E-state index in [9.17, 15) is 13.2 Å². The number of benzene rings is 1. The number of nitrogens with one attached hydrogen (secondary N) is 1. The summed E-state index contributed by atoms with van der Waals surface area (Å²) >= 11 is 0. The minimum absolute atomic E-state index is 0.144. The smallest absolute Gasteiger partial charge is 0.304 e. The number of hydrogen-bond donors (Lipinski definition) is 2. The van der Waals surface area contributed by atoms with Crippen LogP contribution in [0.1, 0.15) is 25.8 Å². The van der Waals surface area contributed by atoms with Crippen molar-refractivity contribution in [1.29, 1.82) is 0 Å². The molecule has 0 saturated heterocycles. The third kappa shape index (κ3) is 3.86. The molecule has 23 heavy (non-hydrogen) atoms. The lowest BCUT2D eigenvalue weighted by molar-refractivity contribution is -0.137. The van der Waals surface area contributed by atoms with E-state index < -0.39 is 22.0 Å². The van der Waals surface area contributed by atoms with Crippen molar-refractivity contribution in [2.45, 2.75) is 38.1 Å². The fraction of sp³-hybridized carbons (Fsp3) is 0.375. The maximum atomic E-state index is 12.8. The zero-order valence-electron chi connectivity index (χ0n) is 13.3. The molecule has 2 rings (SSSR count). The summed E-state index contributed by atoms with van der Waals surface area (Å²) < 4.78 is 28.2. The first-order chi connectivity index (χ1) is 10.7. The number of hydrogen-bond acceptors (Lipinski definition) is 4. The van der Waals surface area contributed by atoms with Crippen LogP contribution in [0.25, 0.3) is 10.9 Å². The molecule has 0 amide bonds. The number of carbonyl (C=O) groups is 1. The Hall–Kier alpha value is -1.99. The van der Waals surface area contributed by atoms with Gasteiger partial charge in [0, 0.05) is 17.6 Å². The quantitative estimate of drug-likeness (QED) is 0.844. The molecule has 2 N–H and O–H groups in total. The van der Waals surface area contributed by atoms with E-state index in [4.69, 9.17) is 5.11 Å². The minimum atomic E-state index is -3.86. The summed E-state index contributed by atoms with van der Waals surface area (Å²) in [6, 6.07) is 6.17. The maximum absolute atomic E-state index is 12.8. The lowest BCUT2D eigenvalue weighted by Gasteiger charge is -2.21. The SMILES string of the molecule is Cc1ccc2ncccc2c1S(=O)(=O)NC(CC(=O)O)C(C)C. The molecule has 0 aliphatic heterocycles. The number of nitrogens with zero attached hydrogens (tertiary/aromatic N) is 1. The third-order valence-electron chi connectivity index (χ3n) is 3.71. The Balaban J connectivity index is 2.51. The van der Waals surface area contributed by atoms with Crippen molar-refractivity contribution in [3.63, 3.8) is 0 Å². The molecule has 0 spiro atoms. The van der Waals surface area contributed by atoms with E-state index in [-0.39, 0.29) is 17.2 Å². The Kier molecular flexibility index (Phi) is 5.01. The van der Waals surface area contributed by atoms with E-state index in [2.05, 4.69) is 9.71 Å². The zero-order valence-corrected chi connectivity index (χ0v) is 14.1.